The molecule has 1 aliphatic heterocycles. The van der Waals surface area contributed by atoms with Gasteiger partial charge in [-0.1, -0.05) is 26.8 Å². The largest absolute Gasteiger partial charge is 0.312 e. The van der Waals surface area contributed by atoms with Gasteiger partial charge in [-0.3, -0.25) is 24.8 Å². The van der Waals surface area contributed by atoms with Crippen LogP contribution in [-0.2, 0) is 20.8 Å². The van der Waals surface area contributed by atoms with Crippen molar-refractivity contribution in [1.29, 1.82) is 0 Å². The number of carbonyl (C=O) groups excluding carboxylic acids is 3. The third kappa shape index (κ3) is 5.61. The summed E-state index contributed by atoms with van der Waals surface area (Å²) in [7, 11) is 0. The van der Waals surface area contributed by atoms with Crippen LogP contribution in [0.1, 0.15) is 52.0 Å². The summed E-state index contributed by atoms with van der Waals surface area (Å²) in [4.78, 5) is 41.2. The fourth-order valence-corrected chi connectivity index (χ4v) is 2.56. The molecule has 1 aromatic rings. The summed E-state index contributed by atoms with van der Waals surface area (Å²) in [6, 6.07) is 3.92. The first kappa shape index (κ1) is 20.6. The summed E-state index contributed by atoms with van der Waals surface area (Å²) in [6.45, 7) is 5.35. The van der Waals surface area contributed by atoms with Crippen molar-refractivity contribution in [3.63, 3.8) is 0 Å². The molecule has 1 N–H and O–H groups in total. The fourth-order valence-electron chi connectivity index (χ4n) is 2.56. The average Bonchev–Trinajstić information content (AvgIpc) is 2.70. The predicted molar refractivity (Wildman–Crippen MR) is 103 cm³/mol. The maximum Gasteiger partial charge on any atom is 0.312 e. The molecular formula is C21H27N3O3. The number of carbonyl (C=O) groups is 3. The normalized spacial score (nSPS) is 13.7. The number of allylic oxidation sites excluding steroid dienone is 3. The first-order valence-electron chi connectivity index (χ1n) is 9.30. The smallest absolute Gasteiger partial charge is 0.292 e. The Hall–Kier alpha value is -2.76. The maximum atomic E-state index is 12.4. The van der Waals surface area contributed by atoms with E-state index in [0.29, 0.717) is 18.5 Å². The molecule has 6 nitrogen and oxygen atoms in total. The minimum Gasteiger partial charge on any atom is -0.292 e. The van der Waals surface area contributed by atoms with Gasteiger partial charge < -0.3 is 0 Å². The number of unbranched alkanes of at least 4 members (excludes halogenated alkanes) is 1. The van der Waals surface area contributed by atoms with Crippen LogP contribution in [0.5, 0.6) is 0 Å². The summed E-state index contributed by atoms with van der Waals surface area (Å²) in [5.74, 6) is -1.22. The molecule has 0 fully saturated rings. The van der Waals surface area contributed by atoms with Crippen molar-refractivity contribution in [3.05, 3.63) is 54.1 Å². The number of hydrazine groups is 1. The lowest BCUT2D eigenvalue weighted by molar-refractivity contribution is -0.149. The van der Waals surface area contributed by atoms with E-state index in [2.05, 4.69) is 10.4 Å². The van der Waals surface area contributed by atoms with Crippen LogP contribution in [0.3, 0.4) is 0 Å². The topological polar surface area (TPSA) is 79.4 Å². The van der Waals surface area contributed by atoms with Crippen molar-refractivity contribution in [2.45, 2.75) is 52.9 Å². The number of aromatic nitrogens is 1. The van der Waals surface area contributed by atoms with Gasteiger partial charge in [-0.15, -0.1) is 0 Å². The quantitative estimate of drug-likeness (QED) is 0.534. The van der Waals surface area contributed by atoms with E-state index in [0.717, 1.165) is 29.8 Å². The molecule has 1 aliphatic rings. The summed E-state index contributed by atoms with van der Waals surface area (Å²) in [5, 5.41) is 1.10. The van der Waals surface area contributed by atoms with Gasteiger partial charge in [0.2, 0.25) is 5.78 Å². The van der Waals surface area contributed by atoms with E-state index < -0.39 is 17.1 Å². The lowest BCUT2D eigenvalue weighted by Gasteiger charge is -2.27. The highest BCUT2D eigenvalue weighted by Gasteiger charge is 2.34. The summed E-state index contributed by atoms with van der Waals surface area (Å²) in [5.41, 5.74) is 3.51. The van der Waals surface area contributed by atoms with Crippen LogP contribution >= 0.6 is 0 Å². The minimum absolute atomic E-state index is 0.0782. The zero-order valence-electron chi connectivity index (χ0n) is 16.2. The van der Waals surface area contributed by atoms with E-state index in [1.165, 1.54) is 6.20 Å². The molecule has 2 heterocycles. The molecule has 6 heteroatoms. The third-order valence-electron chi connectivity index (χ3n) is 4.79. The van der Waals surface area contributed by atoms with Gasteiger partial charge in [0.25, 0.3) is 0 Å². The van der Waals surface area contributed by atoms with Crippen LogP contribution in [-0.4, -0.2) is 27.5 Å². The first-order chi connectivity index (χ1) is 12.8. The molecule has 0 atom stereocenters. The van der Waals surface area contributed by atoms with Gasteiger partial charge in [-0.2, -0.15) is 0 Å². The molecule has 2 rings (SSSR count). The number of hydrogen-bond donors (Lipinski definition) is 1. The number of nitrogens with one attached hydrogen (secondary N) is 1. The molecule has 0 radical (unpaired) electrons. The van der Waals surface area contributed by atoms with Crippen LogP contribution in [0.2, 0.25) is 0 Å². The molecule has 0 unspecified atom stereocenters. The van der Waals surface area contributed by atoms with Gasteiger partial charge in [0, 0.05) is 30.4 Å². The summed E-state index contributed by atoms with van der Waals surface area (Å²) < 4.78 is 0. The predicted octanol–water partition coefficient (Wildman–Crippen LogP) is 3.11. The lowest BCUT2D eigenvalue weighted by atomic mass is 9.85. The monoisotopic (exact) mass is 369 g/mol. The Bertz CT molecular complexity index is 751. The van der Waals surface area contributed by atoms with Crippen LogP contribution in [0.15, 0.2) is 48.6 Å². The first-order valence-corrected chi connectivity index (χ1v) is 9.30. The van der Waals surface area contributed by atoms with Crippen LogP contribution in [0, 0.1) is 5.41 Å². The zero-order valence-corrected chi connectivity index (χ0v) is 16.2. The van der Waals surface area contributed by atoms with E-state index >= 15 is 0 Å². The number of aryl methyl sites for hydroxylation is 1. The molecule has 0 spiro atoms. The van der Waals surface area contributed by atoms with Gasteiger partial charge in [0.1, 0.15) is 0 Å². The second kappa shape index (κ2) is 9.26. The van der Waals surface area contributed by atoms with Gasteiger partial charge in [0.05, 0.1) is 5.70 Å². The van der Waals surface area contributed by atoms with Crippen LogP contribution in [0.4, 0.5) is 0 Å². The van der Waals surface area contributed by atoms with Crippen LogP contribution in [0.25, 0.3) is 0 Å². The van der Waals surface area contributed by atoms with Crippen molar-refractivity contribution in [2.75, 3.05) is 0 Å². The highest BCUT2D eigenvalue weighted by molar-refractivity contribution is 6.38. The maximum absolute atomic E-state index is 12.4. The molecule has 0 saturated heterocycles. The van der Waals surface area contributed by atoms with E-state index in [1.807, 2.05) is 25.3 Å². The highest BCUT2D eigenvalue weighted by Crippen LogP contribution is 2.22. The zero-order chi connectivity index (χ0) is 19.9. The molecule has 1 aromatic heterocycles. The van der Waals surface area contributed by atoms with E-state index in [4.69, 9.17) is 0 Å². The Balaban J connectivity index is 1.84. The van der Waals surface area contributed by atoms with Gasteiger partial charge in [0.15, 0.2) is 5.78 Å². The second-order valence-corrected chi connectivity index (χ2v) is 7.27. The molecule has 0 aliphatic carbocycles. The standard InChI is InChI=1S/C21H27N3O3/c1-4-21(2,3)19(26)20(27)24-14-8-11-17(23-24)18(25)12-6-5-9-16-10-7-13-22-15-16/h7-8,10-11,13-15,23H,4-6,9,12H2,1-3H3. The van der Waals surface area contributed by atoms with Gasteiger partial charge >= 0.3 is 5.91 Å². The number of hydrogen-bond acceptors (Lipinski definition) is 5. The molecule has 1 amide bonds. The Morgan fingerprint density at radius 2 is 2.00 bits per heavy atom. The fraction of sp³-hybridized carbons (Fsp3) is 0.429. The van der Waals surface area contributed by atoms with Crippen molar-refractivity contribution >= 4 is 17.5 Å². The minimum atomic E-state index is -0.732. The number of ketones is 2. The lowest BCUT2D eigenvalue weighted by Crippen LogP contribution is -2.48. The highest BCUT2D eigenvalue weighted by atomic mass is 16.2. The summed E-state index contributed by atoms with van der Waals surface area (Å²) >= 11 is 0. The number of amides is 1. The van der Waals surface area contributed by atoms with Crippen LogP contribution < -0.4 is 5.43 Å². The number of rotatable bonds is 9. The SMILES string of the molecule is CCC(C)(C)C(=O)C(=O)N1C=CC=C(C(=O)CCCCc2cccnc2)N1. The number of nitrogens with zero attached hydrogens (tertiary/aromatic N) is 2. The Morgan fingerprint density at radius 1 is 1.22 bits per heavy atom. The average molecular weight is 369 g/mol. The molecule has 144 valence electrons. The Morgan fingerprint density at radius 3 is 2.67 bits per heavy atom. The number of pyridine rings is 1. The third-order valence-corrected chi connectivity index (χ3v) is 4.79. The Labute approximate surface area is 160 Å². The van der Waals surface area contributed by atoms with Crippen molar-refractivity contribution < 1.29 is 14.4 Å². The van der Waals surface area contributed by atoms with E-state index in [-0.39, 0.29) is 5.78 Å². The van der Waals surface area contributed by atoms with E-state index in [1.54, 1.807) is 32.2 Å². The van der Waals surface area contributed by atoms with Gasteiger partial charge in [-0.25, -0.2) is 5.01 Å². The van der Waals surface area contributed by atoms with Crippen molar-refractivity contribution in [2.24, 2.45) is 5.41 Å². The van der Waals surface area contributed by atoms with Gasteiger partial charge in [-0.05, 0) is 49.5 Å². The molecule has 0 aromatic carbocycles. The summed E-state index contributed by atoms with van der Waals surface area (Å²) in [6.07, 6.45) is 11.7. The Kier molecular flexibility index (Phi) is 7.05. The second-order valence-electron chi connectivity index (χ2n) is 7.27. The van der Waals surface area contributed by atoms with Crippen molar-refractivity contribution in [3.8, 4) is 0 Å². The molecular weight excluding hydrogens is 342 g/mol. The van der Waals surface area contributed by atoms with Crippen molar-refractivity contribution in [1.82, 2.24) is 15.4 Å². The molecule has 0 bridgehead atoms. The van der Waals surface area contributed by atoms with E-state index in [9.17, 15) is 14.4 Å². The molecule has 27 heavy (non-hydrogen) atoms. The molecule has 0 saturated carbocycles. The number of Topliss-reactive ketones (excluding diaryl/α,β-unsaturated/α-hetero) is 2.